The molecule has 6 atom stereocenters. The van der Waals surface area contributed by atoms with Gasteiger partial charge in [0, 0.05) is 26.2 Å². The molecule has 4 rings (SSSR count). The van der Waals surface area contributed by atoms with Gasteiger partial charge in [-0.3, -0.25) is 28.8 Å². The van der Waals surface area contributed by atoms with E-state index in [0.717, 1.165) is 17.7 Å². The Hall–Kier alpha value is -4.63. The fourth-order valence-electron chi connectivity index (χ4n) is 6.44. The zero-order valence-electron chi connectivity index (χ0n) is 31.0. The third-order valence-electron chi connectivity index (χ3n) is 9.42. The lowest BCUT2D eigenvalue weighted by atomic mass is 9.85. The Balaban J connectivity index is 1.46. The molecular formula is C36H51F2N7O7. The van der Waals surface area contributed by atoms with E-state index in [4.69, 9.17) is 0 Å². The lowest BCUT2D eigenvalue weighted by Crippen LogP contribution is -2.62. The van der Waals surface area contributed by atoms with Gasteiger partial charge in [0.05, 0.1) is 24.4 Å². The number of carbonyl (C=O) groups excluding carboxylic acids is 7. The van der Waals surface area contributed by atoms with Crippen molar-refractivity contribution in [3.63, 3.8) is 0 Å². The highest BCUT2D eigenvalue weighted by Gasteiger charge is 2.78. The molecule has 1 aliphatic heterocycles. The van der Waals surface area contributed by atoms with E-state index in [-0.39, 0.29) is 12.3 Å². The van der Waals surface area contributed by atoms with Gasteiger partial charge in [0.25, 0.3) is 11.8 Å². The van der Waals surface area contributed by atoms with Crippen LogP contribution in [0.2, 0.25) is 0 Å². The molecule has 0 radical (unpaired) electrons. The largest absolute Gasteiger partial charge is 0.347 e. The zero-order valence-corrected chi connectivity index (χ0v) is 31.0. The number of nitrogens with zero attached hydrogens (tertiary/aromatic N) is 2. The molecule has 3 fully saturated rings. The van der Waals surface area contributed by atoms with E-state index in [2.05, 4.69) is 26.6 Å². The van der Waals surface area contributed by atoms with Crippen LogP contribution >= 0.6 is 0 Å². The maximum absolute atomic E-state index is 14.8. The fourth-order valence-corrected chi connectivity index (χ4v) is 6.44. The highest BCUT2D eigenvalue weighted by atomic mass is 19.3. The molecule has 2 aliphatic carbocycles. The highest BCUT2D eigenvalue weighted by Crippen LogP contribution is 2.62. The van der Waals surface area contributed by atoms with Crippen molar-refractivity contribution in [2.75, 3.05) is 27.2 Å². The van der Waals surface area contributed by atoms with Crippen LogP contribution in [0.25, 0.3) is 0 Å². The molecule has 0 bridgehead atoms. The second-order valence-corrected chi connectivity index (χ2v) is 16.3. The highest BCUT2D eigenvalue weighted by molar-refractivity contribution is 6.38. The number of Topliss-reactive ketones (excluding diaryl/α,β-unsaturated/α-hetero) is 1. The Bertz CT molecular complexity index is 1570. The van der Waals surface area contributed by atoms with Gasteiger partial charge in [-0.1, -0.05) is 63.9 Å². The number of hydrogen-bond acceptors (Lipinski definition) is 7. The Morgan fingerprint density at radius 1 is 0.923 bits per heavy atom. The topological polar surface area (TPSA) is 186 Å². The van der Waals surface area contributed by atoms with E-state index >= 15 is 0 Å². The molecule has 52 heavy (non-hydrogen) atoms. The van der Waals surface area contributed by atoms with Crippen molar-refractivity contribution >= 4 is 41.4 Å². The van der Waals surface area contributed by atoms with E-state index in [1.165, 1.54) is 19.0 Å². The zero-order chi connectivity index (χ0) is 38.9. The molecule has 0 spiro atoms. The molecule has 1 aromatic rings. The standard InChI is InChI=1S/C36H51F2N7O7/c1-34(2,3)28(42-33(52)43-35(4,5)6)32(51)45-18-21-24(36(21,37)38)26(45)29(48)40-22(16-19-14-15-19)27(47)30(49)39-17-23(46)41-25(31(50)44(7)8)20-12-10-9-11-13-20/h9-13,19,21-22,24-26,28H,14-18H2,1-8H3,(H,39,49)(H,40,48)(H,41,46)(H2,42,43,52)/t21-,22?,24-,25?,26-,28+/m0/s1. The maximum Gasteiger partial charge on any atom is 0.315 e. The summed E-state index contributed by atoms with van der Waals surface area (Å²) in [5, 5.41) is 12.6. The van der Waals surface area contributed by atoms with Crippen molar-refractivity contribution in [2.45, 2.75) is 96.4 Å². The third kappa shape index (κ3) is 9.62. The number of halogens is 2. The second-order valence-electron chi connectivity index (χ2n) is 16.3. The number of rotatable bonds is 13. The van der Waals surface area contributed by atoms with E-state index in [1.807, 2.05) is 0 Å². The van der Waals surface area contributed by atoms with Crippen molar-refractivity contribution in [3.8, 4) is 0 Å². The fraction of sp³-hybridized carbons (Fsp3) is 0.639. The summed E-state index contributed by atoms with van der Waals surface area (Å²) in [5.74, 6) is -11.2. The van der Waals surface area contributed by atoms with Crippen LogP contribution in [-0.4, -0.2) is 108 Å². The second kappa shape index (κ2) is 15.2. The Kier molecular flexibility index (Phi) is 11.7. The minimum absolute atomic E-state index is 0.00116. The number of hydrogen-bond donors (Lipinski definition) is 5. The molecule has 1 heterocycles. The molecule has 2 saturated carbocycles. The lowest BCUT2D eigenvalue weighted by molar-refractivity contribution is -0.146. The van der Waals surface area contributed by atoms with Crippen LogP contribution in [-0.2, 0) is 28.8 Å². The average Bonchev–Trinajstić information content (AvgIpc) is 3.90. The summed E-state index contributed by atoms with van der Waals surface area (Å²) >= 11 is 0. The number of urea groups is 1. The van der Waals surface area contributed by atoms with E-state index in [1.54, 1.807) is 71.9 Å². The van der Waals surface area contributed by atoms with Gasteiger partial charge in [-0.15, -0.1) is 0 Å². The van der Waals surface area contributed by atoms with Gasteiger partial charge in [-0.2, -0.15) is 0 Å². The van der Waals surface area contributed by atoms with Crippen molar-refractivity contribution in [2.24, 2.45) is 23.2 Å². The SMILES string of the molecule is CN(C)C(=O)C(NC(=O)CNC(=O)C(=O)C(CC1CC1)NC(=O)[C@@H]1[C@@H]2[C@H](CN1C(=O)[C@@H](NC(=O)NC(C)(C)C)C(C)(C)C)C2(F)F)c1ccccc1. The summed E-state index contributed by atoms with van der Waals surface area (Å²) in [5.41, 5.74) is -1.01. The number of likely N-dealkylation sites (N-methyl/N-ethyl adjacent to an activating group) is 1. The van der Waals surface area contributed by atoms with Crippen molar-refractivity contribution < 1.29 is 42.3 Å². The van der Waals surface area contributed by atoms with E-state index < -0.39 is 107 Å². The number of nitrogens with one attached hydrogen (secondary N) is 5. The van der Waals surface area contributed by atoms with Crippen LogP contribution in [0.1, 0.15) is 72.4 Å². The summed E-state index contributed by atoms with van der Waals surface area (Å²) in [4.78, 5) is 95.0. The summed E-state index contributed by atoms with van der Waals surface area (Å²) in [6, 6.07) is 2.50. The minimum atomic E-state index is -3.22. The van der Waals surface area contributed by atoms with Gasteiger partial charge in [-0.05, 0) is 44.1 Å². The quantitative estimate of drug-likeness (QED) is 0.190. The molecule has 7 amide bonds. The smallest absolute Gasteiger partial charge is 0.315 e. The first-order chi connectivity index (χ1) is 24.0. The predicted octanol–water partition coefficient (Wildman–Crippen LogP) is 1.51. The van der Waals surface area contributed by atoms with Crippen LogP contribution < -0.4 is 26.6 Å². The molecule has 5 N–H and O–H groups in total. The molecule has 14 nitrogen and oxygen atoms in total. The predicted molar refractivity (Wildman–Crippen MR) is 185 cm³/mol. The molecule has 2 unspecified atom stereocenters. The van der Waals surface area contributed by atoms with Crippen LogP contribution in [0.5, 0.6) is 0 Å². The lowest BCUT2D eigenvalue weighted by Gasteiger charge is -2.37. The number of ketones is 1. The first-order valence-electron chi connectivity index (χ1n) is 17.5. The van der Waals surface area contributed by atoms with Crippen molar-refractivity contribution in [3.05, 3.63) is 35.9 Å². The van der Waals surface area contributed by atoms with Crippen molar-refractivity contribution in [1.29, 1.82) is 0 Å². The average molecular weight is 732 g/mol. The summed E-state index contributed by atoms with van der Waals surface area (Å²) in [7, 11) is 3.05. The number of benzene rings is 1. The summed E-state index contributed by atoms with van der Waals surface area (Å²) in [6.07, 6.45) is 1.52. The number of piperidine rings is 1. The number of amides is 7. The molecule has 3 aliphatic rings. The number of fused-ring (bicyclic) bond motifs is 1. The van der Waals surface area contributed by atoms with Crippen LogP contribution in [0, 0.1) is 23.2 Å². The number of likely N-dealkylation sites (tertiary alicyclic amines) is 1. The molecule has 0 aromatic heterocycles. The van der Waals surface area contributed by atoms with Crippen molar-refractivity contribution in [1.82, 2.24) is 36.4 Å². The maximum atomic E-state index is 14.8. The minimum Gasteiger partial charge on any atom is -0.347 e. The van der Waals surface area contributed by atoms with Crippen LogP contribution in [0.3, 0.4) is 0 Å². The third-order valence-corrected chi connectivity index (χ3v) is 9.42. The summed E-state index contributed by atoms with van der Waals surface area (Å²) in [6.45, 7) is 9.24. The van der Waals surface area contributed by atoms with Crippen LogP contribution in [0.4, 0.5) is 13.6 Å². The first-order valence-corrected chi connectivity index (χ1v) is 17.5. The van der Waals surface area contributed by atoms with Gasteiger partial charge >= 0.3 is 6.03 Å². The van der Waals surface area contributed by atoms with Gasteiger partial charge in [0.2, 0.25) is 29.4 Å². The van der Waals surface area contributed by atoms with Crippen LogP contribution in [0.15, 0.2) is 30.3 Å². The Morgan fingerprint density at radius 2 is 1.54 bits per heavy atom. The van der Waals surface area contributed by atoms with Gasteiger partial charge in [0.15, 0.2) is 0 Å². The molecule has 16 heteroatoms. The molecule has 286 valence electrons. The van der Waals surface area contributed by atoms with Gasteiger partial charge in [-0.25, -0.2) is 13.6 Å². The van der Waals surface area contributed by atoms with Gasteiger partial charge < -0.3 is 36.4 Å². The molecule has 1 aromatic carbocycles. The first kappa shape index (κ1) is 40.1. The van der Waals surface area contributed by atoms with E-state index in [0.29, 0.717) is 5.56 Å². The summed E-state index contributed by atoms with van der Waals surface area (Å²) < 4.78 is 29.7. The monoisotopic (exact) mass is 731 g/mol. The Morgan fingerprint density at radius 3 is 2.08 bits per heavy atom. The Labute approximate surface area is 302 Å². The van der Waals surface area contributed by atoms with E-state index in [9.17, 15) is 42.3 Å². The molecular weight excluding hydrogens is 680 g/mol. The number of alkyl halides is 2. The number of carbonyl (C=O) groups is 7. The van der Waals surface area contributed by atoms with Gasteiger partial charge in [0.1, 0.15) is 18.1 Å². The molecule has 1 saturated heterocycles. The normalized spacial score (nSPS) is 22.1.